The summed E-state index contributed by atoms with van der Waals surface area (Å²) in [5, 5.41) is 8.42. The van der Waals surface area contributed by atoms with E-state index < -0.39 is 16.2 Å². The van der Waals surface area contributed by atoms with Crippen LogP contribution in [0.3, 0.4) is 0 Å². The summed E-state index contributed by atoms with van der Waals surface area (Å²) >= 11 is 0. The SMILES string of the molecule is O=S1CCC1O. The fraction of sp³-hybridized carbons (Fsp3) is 1.00. The van der Waals surface area contributed by atoms with Gasteiger partial charge in [-0.2, -0.15) is 0 Å². The maximum Gasteiger partial charge on any atom is 0.129 e. The fourth-order valence-electron chi connectivity index (χ4n) is 0.319. The number of rotatable bonds is 0. The van der Waals surface area contributed by atoms with Crippen LogP contribution in [0.15, 0.2) is 0 Å². The lowest BCUT2D eigenvalue weighted by Crippen LogP contribution is -2.29. The molecule has 6 heavy (non-hydrogen) atoms. The summed E-state index contributed by atoms with van der Waals surface area (Å²) in [6.45, 7) is 0. The van der Waals surface area contributed by atoms with Crippen LogP contribution in [0.1, 0.15) is 6.42 Å². The first-order chi connectivity index (χ1) is 2.80. The molecular weight excluding hydrogens is 100 g/mol. The summed E-state index contributed by atoms with van der Waals surface area (Å²) in [4.78, 5) is 0. The molecule has 1 rings (SSSR count). The van der Waals surface area contributed by atoms with E-state index in [9.17, 15) is 4.21 Å². The topological polar surface area (TPSA) is 37.3 Å². The van der Waals surface area contributed by atoms with Gasteiger partial charge in [-0.05, 0) is 6.42 Å². The van der Waals surface area contributed by atoms with Crippen molar-refractivity contribution in [3.8, 4) is 0 Å². The van der Waals surface area contributed by atoms with Crippen molar-refractivity contribution >= 4 is 10.8 Å². The second-order valence-electron chi connectivity index (χ2n) is 1.33. The predicted molar refractivity (Wildman–Crippen MR) is 23.6 cm³/mol. The van der Waals surface area contributed by atoms with Gasteiger partial charge in [0.05, 0.1) is 10.8 Å². The van der Waals surface area contributed by atoms with Crippen molar-refractivity contribution in [2.45, 2.75) is 11.9 Å². The molecule has 0 aliphatic carbocycles. The molecule has 0 radical (unpaired) electrons. The van der Waals surface area contributed by atoms with Crippen LogP contribution in [0.5, 0.6) is 0 Å². The molecule has 36 valence electrons. The minimum absolute atomic E-state index is 0.495. The molecule has 0 aromatic carbocycles. The summed E-state index contributed by atoms with van der Waals surface area (Å²) in [7, 11) is -0.881. The summed E-state index contributed by atoms with van der Waals surface area (Å²) in [5.41, 5.74) is -0.495. The lowest BCUT2D eigenvalue weighted by molar-refractivity contribution is 0.237. The molecule has 0 aromatic heterocycles. The molecule has 1 heterocycles. The Bertz CT molecular complexity index is 80.9. The van der Waals surface area contributed by atoms with E-state index in [1.54, 1.807) is 0 Å². The highest BCUT2D eigenvalue weighted by atomic mass is 32.2. The van der Waals surface area contributed by atoms with Crippen LogP contribution in [-0.2, 0) is 10.8 Å². The monoisotopic (exact) mass is 106 g/mol. The first kappa shape index (κ1) is 4.27. The van der Waals surface area contributed by atoms with E-state index in [0.29, 0.717) is 5.75 Å². The van der Waals surface area contributed by atoms with Crippen molar-refractivity contribution < 1.29 is 9.32 Å². The van der Waals surface area contributed by atoms with E-state index in [4.69, 9.17) is 5.11 Å². The molecule has 1 saturated heterocycles. The normalized spacial score (nSPS) is 44.8. The Kier molecular flexibility index (Phi) is 0.935. The zero-order valence-corrected chi connectivity index (χ0v) is 4.07. The van der Waals surface area contributed by atoms with Gasteiger partial charge in [0.2, 0.25) is 0 Å². The summed E-state index contributed by atoms with van der Waals surface area (Å²) < 4.78 is 10.1. The summed E-state index contributed by atoms with van der Waals surface area (Å²) in [5.74, 6) is 0.696. The second kappa shape index (κ2) is 1.31. The third-order valence-corrected chi connectivity index (χ3v) is 2.35. The molecule has 0 aromatic rings. The third-order valence-electron chi connectivity index (χ3n) is 0.869. The van der Waals surface area contributed by atoms with Crippen LogP contribution in [-0.4, -0.2) is 20.5 Å². The van der Waals surface area contributed by atoms with Gasteiger partial charge >= 0.3 is 0 Å². The summed E-state index contributed by atoms with van der Waals surface area (Å²) in [6, 6.07) is 0. The molecule has 1 aliphatic rings. The molecular formula is C3H6O2S. The minimum atomic E-state index is -0.881. The fourth-order valence-corrected chi connectivity index (χ4v) is 0.958. The third kappa shape index (κ3) is 0.479. The maximum atomic E-state index is 10.1. The van der Waals surface area contributed by atoms with Gasteiger partial charge in [-0.3, -0.25) is 4.21 Å². The van der Waals surface area contributed by atoms with E-state index >= 15 is 0 Å². The molecule has 3 heteroatoms. The lowest BCUT2D eigenvalue weighted by atomic mass is 10.5. The first-order valence-electron chi connectivity index (χ1n) is 1.86. The minimum Gasteiger partial charge on any atom is -0.380 e. The van der Waals surface area contributed by atoms with Crippen molar-refractivity contribution in [1.82, 2.24) is 0 Å². The zero-order valence-electron chi connectivity index (χ0n) is 3.26. The van der Waals surface area contributed by atoms with Crippen LogP contribution < -0.4 is 0 Å². The van der Waals surface area contributed by atoms with Crippen LogP contribution in [0, 0.1) is 0 Å². The van der Waals surface area contributed by atoms with Crippen molar-refractivity contribution in [3.63, 3.8) is 0 Å². The molecule has 1 aliphatic heterocycles. The Morgan fingerprint density at radius 3 is 2.33 bits per heavy atom. The highest BCUT2D eigenvalue weighted by molar-refractivity contribution is 7.86. The molecule has 2 nitrogen and oxygen atoms in total. The van der Waals surface area contributed by atoms with Gasteiger partial charge in [0.15, 0.2) is 0 Å². The van der Waals surface area contributed by atoms with Gasteiger partial charge in [-0.15, -0.1) is 0 Å². The maximum absolute atomic E-state index is 10.1. The average Bonchev–Trinajstić information content (AvgIpc) is 1.61. The van der Waals surface area contributed by atoms with Crippen LogP contribution >= 0.6 is 0 Å². The van der Waals surface area contributed by atoms with Crippen LogP contribution in [0.25, 0.3) is 0 Å². The van der Waals surface area contributed by atoms with E-state index in [-0.39, 0.29) is 0 Å². The standard InChI is InChI=1S/C3H6O2S/c4-3-1-2-6(3)5/h3-4H,1-2H2. The molecule has 0 amide bonds. The Balaban J connectivity index is 2.39. The van der Waals surface area contributed by atoms with Gasteiger partial charge in [0.25, 0.3) is 0 Å². The number of aliphatic hydroxyl groups excluding tert-OH is 1. The molecule has 1 fully saturated rings. The predicted octanol–water partition coefficient (Wildman–Crippen LogP) is -0.543. The largest absolute Gasteiger partial charge is 0.380 e. The molecule has 1 N–H and O–H groups in total. The van der Waals surface area contributed by atoms with E-state index in [2.05, 4.69) is 0 Å². The van der Waals surface area contributed by atoms with Gasteiger partial charge in [-0.1, -0.05) is 0 Å². The highest BCUT2D eigenvalue weighted by Crippen LogP contribution is 2.10. The van der Waals surface area contributed by atoms with Gasteiger partial charge < -0.3 is 5.11 Å². The van der Waals surface area contributed by atoms with Crippen molar-refractivity contribution in [2.24, 2.45) is 0 Å². The van der Waals surface area contributed by atoms with E-state index in [1.165, 1.54) is 0 Å². The van der Waals surface area contributed by atoms with Gasteiger partial charge in [0, 0.05) is 5.75 Å². The molecule has 2 unspecified atom stereocenters. The van der Waals surface area contributed by atoms with Crippen molar-refractivity contribution in [3.05, 3.63) is 0 Å². The van der Waals surface area contributed by atoms with Gasteiger partial charge in [0.1, 0.15) is 5.44 Å². The Labute approximate surface area is 38.6 Å². The summed E-state index contributed by atoms with van der Waals surface area (Å²) in [6.07, 6.45) is 0.729. The van der Waals surface area contributed by atoms with E-state index in [0.717, 1.165) is 6.42 Å². The Morgan fingerprint density at radius 1 is 1.83 bits per heavy atom. The molecule has 2 atom stereocenters. The molecule has 0 spiro atoms. The smallest absolute Gasteiger partial charge is 0.129 e. The van der Waals surface area contributed by atoms with Crippen molar-refractivity contribution in [2.75, 3.05) is 5.75 Å². The molecule has 0 saturated carbocycles. The quantitative estimate of drug-likeness (QED) is 0.450. The van der Waals surface area contributed by atoms with Gasteiger partial charge in [-0.25, -0.2) is 0 Å². The number of hydrogen-bond acceptors (Lipinski definition) is 2. The van der Waals surface area contributed by atoms with E-state index in [1.807, 2.05) is 0 Å². The lowest BCUT2D eigenvalue weighted by Gasteiger charge is -2.17. The van der Waals surface area contributed by atoms with Crippen LogP contribution in [0.2, 0.25) is 0 Å². The van der Waals surface area contributed by atoms with Crippen molar-refractivity contribution in [1.29, 1.82) is 0 Å². The van der Waals surface area contributed by atoms with Crippen LogP contribution in [0.4, 0.5) is 0 Å². The highest BCUT2D eigenvalue weighted by Gasteiger charge is 2.22. The average molecular weight is 106 g/mol. The number of hydrogen-bond donors (Lipinski definition) is 1. The first-order valence-corrected chi connectivity index (χ1v) is 3.24. The number of aliphatic hydroxyl groups is 1. The molecule has 0 bridgehead atoms. The zero-order chi connectivity index (χ0) is 4.57. The Morgan fingerprint density at radius 2 is 2.33 bits per heavy atom. The Hall–Kier alpha value is 0.110. The second-order valence-corrected chi connectivity index (χ2v) is 3.04.